The summed E-state index contributed by atoms with van der Waals surface area (Å²) in [7, 11) is -3.25. The number of hydrogen-bond donors (Lipinski definition) is 1. The van der Waals surface area contributed by atoms with Crippen molar-refractivity contribution in [1.82, 2.24) is 5.32 Å². The van der Waals surface area contributed by atoms with Crippen LogP contribution in [0.5, 0.6) is 0 Å². The fourth-order valence-corrected chi connectivity index (χ4v) is 5.15. The molecule has 1 fully saturated rings. The molecule has 1 amide bonds. The second kappa shape index (κ2) is 8.33. The van der Waals surface area contributed by atoms with E-state index in [-0.39, 0.29) is 11.7 Å². The van der Waals surface area contributed by atoms with Crippen molar-refractivity contribution in [2.45, 2.75) is 11.3 Å². The van der Waals surface area contributed by atoms with Crippen molar-refractivity contribution in [3.63, 3.8) is 0 Å². The Morgan fingerprint density at radius 3 is 2.65 bits per heavy atom. The van der Waals surface area contributed by atoms with E-state index in [9.17, 15) is 13.2 Å². The maximum Gasteiger partial charge on any atom is 0.251 e. The zero-order valence-electron chi connectivity index (χ0n) is 14.0. The number of amides is 1. The van der Waals surface area contributed by atoms with Crippen molar-refractivity contribution in [2.24, 2.45) is 0 Å². The summed E-state index contributed by atoms with van der Waals surface area (Å²) in [6.45, 7) is 0.976. The number of thioether (sulfide) groups is 1. The number of anilines is 1. The number of nitrogens with zero attached hydrogens (tertiary/aromatic N) is 1. The van der Waals surface area contributed by atoms with Crippen LogP contribution >= 0.6 is 23.4 Å². The average molecular weight is 411 g/mol. The van der Waals surface area contributed by atoms with Crippen molar-refractivity contribution >= 4 is 45.0 Å². The van der Waals surface area contributed by atoms with Crippen LogP contribution in [0.15, 0.2) is 53.4 Å². The Morgan fingerprint density at radius 1 is 1.19 bits per heavy atom. The molecule has 2 aromatic carbocycles. The van der Waals surface area contributed by atoms with E-state index in [4.69, 9.17) is 11.6 Å². The molecule has 3 rings (SSSR count). The molecule has 0 unspecified atom stereocenters. The highest BCUT2D eigenvalue weighted by Crippen LogP contribution is 2.25. The van der Waals surface area contributed by atoms with E-state index in [1.54, 1.807) is 36.0 Å². The van der Waals surface area contributed by atoms with Crippen LogP contribution in [0.3, 0.4) is 0 Å². The molecule has 5 nitrogen and oxygen atoms in total. The average Bonchev–Trinajstić information content (AvgIpc) is 2.99. The van der Waals surface area contributed by atoms with Crippen LogP contribution in [0.25, 0.3) is 0 Å². The highest BCUT2D eigenvalue weighted by molar-refractivity contribution is 7.99. The lowest BCUT2D eigenvalue weighted by atomic mass is 10.2. The predicted octanol–water partition coefficient (Wildman–Crippen LogP) is 3.40. The lowest BCUT2D eigenvalue weighted by Crippen LogP contribution is -2.27. The van der Waals surface area contributed by atoms with Gasteiger partial charge in [-0.05, 0) is 48.9 Å². The number of nitrogens with one attached hydrogen (secondary N) is 1. The molecule has 0 spiro atoms. The Kier molecular flexibility index (Phi) is 6.11. The van der Waals surface area contributed by atoms with Crippen molar-refractivity contribution in [2.75, 3.05) is 28.9 Å². The standard InChI is InChI=1S/C18H19ClN2O3S2/c19-15-5-7-17(8-6-15)25-11-9-20-18(22)14-3-1-4-16(13-14)21-10-2-12-26(21,23)24/h1,3-8,13H,2,9-12H2,(H,20,22). The smallest absolute Gasteiger partial charge is 0.251 e. The monoisotopic (exact) mass is 410 g/mol. The molecule has 0 aromatic heterocycles. The van der Waals surface area contributed by atoms with E-state index in [0.29, 0.717) is 35.8 Å². The van der Waals surface area contributed by atoms with E-state index >= 15 is 0 Å². The molecule has 1 aliphatic rings. The van der Waals surface area contributed by atoms with E-state index in [0.717, 1.165) is 10.6 Å². The molecule has 8 heteroatoms. The summed E-state index contributed by atoms with van der Waals surface area (Å²) in [6.07, 6.45) is 0.612. The fraction of sp³-hybridized carbons (Fsp3) is 0.278. The largest absolute Gasteiger partial charge is 0.351 e. The number of halogens is 1. The summed E-state index contributed by atoms with van der Waals surface area (Å²) >= 11 is 7.48. The third-order valence-electron chi connectivity index (χ3n) is 3.97. The van der Waals surface area contributed by atoms with Crippen LogP contribution in [-0.2, 0) is 10.0 Å². The lowest BCUT2D eigenvalue weighted by Gasteiger charge is -2.17. The highest BCUT2D eigenvalue weighted by atomic mass is 35.5. The molecule has 26 heavy (non-hydrogen) atoms. The van der Waals surface area contributed by atoms with Crippen LogP contribution in [0, 0.1) is 0 Å². The van der Waals surface area contributed by atoms with Crippen molar-refractivity contribution in [3.8, 4) is 0 Å². The first-order valence-electron chi connectivity index (χ1n) is 8.23. The number of benzene rings is 2. The van der Waals surface area contributed by atoms with Crippen LogP contribution in [0.1, 0.15) is 16.8 Å². The molecule has 0 aliphatic carbocycles. The first-order chi connectivity index (χ1) is 12.5. The zero-order valence-corrected chi connectivity index (χ0v) is 16.4. The third-order valence-corrected chi connectivity index (χ3v) is 7.10. The fourth-order valence-electron chi connectivity index (χ4n) is 2.70. The van der Waals surface area contributed by atoms with Crippen LogP contribution in [0.2, 0.25) is 5.02 Å². The minimum absolute atomic E-state index is 0.158. The molecular weight excluding hydrogens is 392 g/mol. The van der Waals surface area contributed by atoms with E-state index in [1.807, 2.05) is 24.3 Å². The van der Waals surface area contributed by atoms with Gasteiger partial charge in [-0.2, -0.15) is 0 Å². The van der Waals surface area contributed by atoms with Gasteiger partial charge < -0.3 is 5.32 Å². The van der Waals surface area contributed by atoms with Gasteiger partial charge in [0.05, 0.1) is 11.4 Å². The van der Waals surface area contributed by atoms with Gasteiger partial charge in [0.1, 0.15) is 0 Å². The Labute approximate surface area is 162 Å². The molecule has 1 saturated heterocycles. The minimum atomic E-state index is -3.25. The molecule has 1 N–H and O–H groups in total. The van der Waals surface area contributed by atoms with Gasteiger partial charge in [0.2, 0.25) is 10.0 Å². The van der Waals surface area contributed by atoms with Gasteiger partial charge in [-0.25, -0.2) is 8.42 Å². The van der Waals surface area contributed by atoms with Gasteiger partial charge in [-0.15, -0.1) is 11.8 Å². The molecule has 0 bridgehead atoms. The Bertz CT molecular complexity index is 886. The van der Waals surface area contributed by atoms with E-state index in [2.05, 4.69) is 5.32 Å². The number of carbonyl (C=O) groups is 1. The topological polar surface area (TPSA) is 66.5 Å². The summed E-state index contributed by atoms with van der Waals surface area (Å²) in [4.78, 5) is 13.4. The minimum Gasteiger partial charge on any atom is -0.351 e. The van der Waals surface area contributed by atoms with Crippen molar-refractivity contribution in [3.05, 3.63) is 59.1 Å². The Balaban J connectivity index is 1.55. The second-order valence-electron chi connectivity index (χ2n) is 5.85. The van der Waals surface area contributed by atoms with E-state index in [1.165, 1.54) is 4.31 Å². The Hall–Kier alpha value is -1.70. The van der Waals surface area contributed by atoms with Gasteiger partial charge in [0.15, 0.2) is 0 Å². The van der Waals surface area contributed by atoms with Gasteiger partial charge >= 0.3 is 0 Å². The number of hydrogen-bond acceptors (Lipinski definition) is 4. The number of sulfonamides is 1. The highest BCUT2D eigenvalue weighted by Gasteiger charge is 2.28. The maximum atomic E-state index is 12.3. The van der Waals surface area contributed by atoms with E-state index < -0.39 is 10.0 Å². The van der Waals surface area contributed by atoms with Gasteiger partial charge in [-0.3, -0.25) is 9.10 Å². The third kappa shape index (κ3) is 4.72. The first kappa shape index (κ1) is 19.1. The first-order valence-corrected chi connectivity index (χ1v) is 11.2. The summed E-state index contributed by atoms with van der Waals surface area (Å²) in [5.74, 6) is 0.680. The summed E-state index contributed by atoms with van der Waals surface area (Å²) in [6, 6.07) is 14.3. The van der Waals surface area contributed by atoms with Crippen LogP contribution in [0.4, 0.5) is 5.69 Å². The zero-order chi connectivity index (χ0) is 18.6. The van der Waals surface area contributed by atoms with Crippen LogP contribution < -0.4 is 9.62 Å². The lowest BCUT2D eigenvalue weighted by molar-refractivity contribution is 0.0956. The quantitative estimate of drug-likeness (QED) is 0.585. The van der Waals surface area contributed by atoms with Crippen LogP contribution in [-0.4, -0.2) is 38.9 Å². The molecule has 1 aliphatic heterocycles. The molecular formula is C18H19ClN2O3S2. The van der Waals surface area contributed by atoms with Gasteiger partial charge in [0, 0.05) is 34.3 Å². The van der Waals surface area contributed by atoms with Gasteiger partial charge in [0.25, 0.3) is 5.91 Å². The summed E-state index contributed by atoms with van der Waals surface area (Å²) in [5, 5.41) is 3.56. The molecule has 1 heterocycles. The molecule has 0 atom stereocenters. The normalized spacial score (nSPS) is 15.8. The maximum absolute atomic E-state index is 12.3. The molecule has 2 aromatic rings. The summed E-state index contributed by atoms with van der Waals surface area (Å²) < 4.78 is 25.4. The molecule has 138 valence electrons. The number of carbonyl (C=O) groups excluding carboxylic acids is 1. The molecule has 0 saturated carbocycles. The van der Waals surface area contributed by atoms with Gasteiger partial charge in [-0.1, -0.05) is 17.7 Å². The predicted molar refractivity (Wildman–Crippen MR) is 107 cm³/mol. The SMILES string of the molecule is O=C(NCCSc1ccc(Cl)cc1)c1cccc(N2CCCS2(=O)=O)c1. The molecule has 0 radical (unpaired) electrons. The second-order valence-corrected chi connectivity index (χ2v) is 9.47. The number of rotatable bonds is 6. The van der Waals surface area contributed by atoms with Crippen molar-refractivity contribution < 1.29 is 13.2 Å². The van der Waals surface area contributed by atoms with Crippen molar-refractivity contribution in [1.29, 1.82) is 0 Å². The Morgan fingerprint density at radius 2 is 1.96 bits per heavy atom. The summed E-state index contributed by atoms with van der Waals surface area (Å²) in [5.41, 5.74) is 1.01.